The van der Waals surface area contributed by atoms with E-state index in [4.69, 9.17) is 0 Å². The molecule has 2 rings (SSSR count). The SMILES string of the molecule is CC(=O)N1CCN(C[C@H](O)c2ccccc2F)CC1. The first kappa shape index (κ1) is 14.0. The van der Waals surface area contributed by atoms with Crippen LogP contribution in [0.3, 0.4) is 0 Å². The number of carbonyl (C=O) groups excluding carboxylic acids is 1. The second kappa shape index (κ2) is 6.12. The minimum atomic E-state index is -0.829. The van der Waals surface area contributed by atoms with E-state index in [0.29, 0.717) is 38.3 Å². The van der Waals surface area contributed by atoms with Gasteiger partial charge in [0.05, 0.1) is 6.10 Å². The summed E-state index contributed by atoms with van der Waals surface area (Å²) in [5.41, 5.74) is 0.330. The fourth-order valence-corrected chi connectivity index (χ4v) is 2.33. The van der Waals surface area contributed by atoms with Crippen LogP contribution in [-0.4, -0.2) is 53.5 Å². The van der Waals surface area contributed by atoms with E-state index in [1.165, 1.54) is 6.07 Å². The Balaban J connectivity index is 1.89. The van der Waals surface area contributed by atoms with Crippen LogP contribution in [0.25, 0.3) is 0 Å². The van der Waals surface area contributed by atoms with Crippen molar-refractivity contribution in [1.82, 2.24) is 9.80 Å². The van der Waals surface area contributed by atoms with Crippen LogP contribution in [0.2, 0.25) is 0 Å². The van der Waals surface area contributed by atoms with Gasteiger partial charge in [-0.2, -0.15) is 0 Å². The summed E-state index contributed by atoms with van der Waals surface area (Å²) in [6, 6.07) is 6.28. The van der Waals surface area contributed by atoms with E-state index in [0.717, 1.165) is 0 Å². The van der Waals surface area contributed by atoms with Gasteiger partial charge >= 0.3 is 0 Å². The molecule has 1 N–H and O–H groups in total. The third kappa shape index (κ3) is 3.52. The fraction of sp³-hybridized carbons (Fsp3) is 0.500. The second-order valence-electron chi connectivity index (χ2n) is 4.84. The maximum atomic E-state index is 13.5. The molecule has 1 saturated heterocycles. The number of aliphatic hydroxyl groups is 1. The lowest BCUT2D eigenvalue weighted by Crippen LogP contribution is -2.49. The summed E-state index contributed by atoms with van der Waals surface area (Å²) in [5.74, 6) is -0.299. The van der Waals surface area contributed by atoms with Gasteiger partial charge in [-0.1, -0.05) is 18.2 Å². The van der Waals surface area contributed by atoms with Gasteiger partial charge in [0.15, 0.2) is 0 Å². The lowest BCUT2D eigenvalue weighted by atomic mass is 10.1. The Hall–Kier alpha value is -1.46. The molecule has 0 unspecified atom stereocenters. The van der Waals surface area contributed by atoms with Gasteiger partial charge in [-0.25, -0.2) is 4.39 Å². The number of aliphatic hydroxyl groups excluding tert-OH is 1. The van der Waals surface area contributed by atoms with Crippen LogP contribution in [0, 0.1) is 5.82 Å². The van der Waals surface area contributed by atoms with E-state index in [1.807, 2.05) is 0 Å². The standard InChI is InChI=1S/C14H19FN2O2/c1-11(18)17-8-6-16(7-9-17)10-14(19)12-4-2-3-5-13(12)15/h2-5,14,19H,6-10H2,1H3/t14-/m0/s1. The highest BCUT2D eigenvalue weighted by atomic mass is 19.1. The number of amides is 1. The Morgan fingerprint density at radius 2 is 1.95 bits per heavy atom. The normalized spacial score (nSPS) is 18.4. The number of rotatable bonds is 3. The highest BCUT2D eigenvalue weighted by Crippen LogP contribution is 2.18. The maximum absolute atomic E-state index is 13.5. The molecule has 0 radical (unpaired) electrons. The minimum Gasteiger partial charge on any atom is -0.387 e. The van der Waals surface area contributed by atoms with Crippen LogP contribution in [0.15, 0.2) is 24.3 Å². The molecule has 4 nitrogen and oxygen atoms in total. The van der Waals surface area contributed by atoms with Crippen LogP contribution >= 0.6 is 0 Å². The van der Waals surface area contributed by atoms with E-state index >= 15 is 0 Å². The van der Waals surface area contributed by atoms with Gasteiger partial charge in [0.1, 0.15) is 5.82 Å². The van der Waals surface area contributed by atoms with Gasteiger partial charge in [0.25, 0.3) is 0 Å². The predicted octanol–water partition coefficient (Wildman–Crippen LogP) is 1.02. The number of nitrogens with zero attached hydrogens (tertiary/aromatic N) is 2. The van der Waals surface area contributed by atoms with Crippen LogP contribution < -0.4 is 0 Å². The Labute approximate surface area is 112 Å². The lowest BCUT2D eigenvalue weighted by Gasteiger charge is -2.35. The van der Waals surface area contributed by atoms with Gasteiger partial charge in [-0.3, -0.25) is 9.69 Å². The molecule has 0 aliphatic carbocycles. The van der Waals surface area contributed by atoms with Crippen LogP contribution in [0.1, 0.15) is 18.6 Å². The Kier molecular flexibility index (Phi) is 4.50. The highest BCUT2D eigenvalue weighted by Gasteiger charge is 2.22. The molecule has 0 bridgehead atoms. The molecular formula is C14H19FN2O2. The predicted molar refractivity (Wildman–Crippen MR) is 70.1 cm³/mol. The molecule has 1 heterocycles. The number of piperazine rings is 1. The Bertz CT molecular complexity index is 445. The molecule has 104 valence electrons. The summed E-state index contributed by atoms with van der Waals surface area (Å²) in [5, 5.41) is 10.1. The molecule has 1 aromatic carbocycles. The van der Waals surface area contributed by atoms with Gasteiger partial charge in [-0.05, 0) is 6.07 Å². The van der Waals surface area contributed by atoms with Gasteiger partial charge in [0, 0.05) is 45.2 Å². The van der Waals surface area contributed by atoms with Crippen LogP contribution in [0.4, 0.5) is 4.39 Å². The number of hydrogen-bond donors (Lipinski definition) is 1. The first-order valence-electron chi connectivity index (χ1n) is 6.48. The quantitative estimate of drug-likeness (QED) is 0.888. The van der Waals surface area contributed by atoms with Crippen molar-refractivity contribution in [3.63, 3.8) is 0 Å². The molecule has 19 heavy (non-hydrogen) atoms. The maximum Gasteiger partial charge on any atom is 0.219 e. The second-order valence-corrected chi connectivity index (χ2v) is 4.84. The topological polar surface area (TPSA) is 43.8 Å². The zero-order valence-corrected chi connectivity index (χ0v) is 11.1. The Morgan fingerprint density at radius 1 is 1.32 bits per heavy atom. The fourth-order valence-electron chi connectivity index (χ4n) is 2.33. The van der Waals surface area contributed by atoms with Crippen molar-refractivity contribution < 1.29 is 14.3 Å². The van der Waals surface area contributed by atoms with Crippen molar-refractivity contribution in [3.8, 4) is 0 Å². The zero-order chi connectivity index (χ0) is 13.8. The number of β-amino-alcohol motifs (C(OH)–C–C–N with tert-alkyl or cyclic N) is 1. The van der Waals surface area contributed by atoms with E-state index in [2.05, 4.69) is 4.90 Å². The molecule has 5 heteroatoms. The van der Waals surface area contributed by atoms with Gasteiger partial charge in [0.2, 0.25) is 5.91 Å². The molecule has 1 aliphatic rings. The number of halogens is 1. The molecule has 0 saturated carbocycles. The van der Waals surface area contributed by atoms with E-state index in [1.54, 1.807) is 30.0 Å². The van der Waals surface area contributed by atoms with Gasteiger partial charge in [-0.15, -0.1) is 0 Å². The average molecular weight is 266 g/mol. The summed E-state index contributed by atoms with van der Waals surface area (Å²) >= 11 is 0. The molecule has 1 atom stereocenters. The van der Waals surface area contributed by atoms with E-state index < -0.39 is 6.10 Å². The van der Waals surface area contributed by atoms with Crippen molar-refractivity contribution in [2.75, 3.05) is 32.7 Å². The summed E-state index contributed by atoms with van der Waals surface area (Å²) < 4.78 is 13.5. The smallest absolute Gasteiger partial charge is 0.219 e. The molecule has 1 aromatic rings. The van der Waals surface area contributed by atoms with Crippen molar-refractivity contribution in [3.05, 3.63) is 35.6 Å². The summed E-state index contributed by atoms with van der Waals surface area (Å²) in [7, 11) is 0. The summed E-state index contributed by atoms with van der Waals surface area (Å²) in [6.45, 7) is 4.71. The molecule has 0 spiro atoms. The average Bonchev–Trinajstić information content (AvgIpc) is 2.39. The largest absolute Gasteiger partial charge is 0.387 e. The van der Waals surface area contributed by atoms with E-state index in [9.17, 15) is 14.3 Å². The number of hydrogen-bond acceptors (Lipinski definition) is 3. The van der Waals surface area contributed by atoms with Crippen molar-refractivity contribution in [2.45, 2.75) is 13.0 Å². The van der Waals surface area contributed by atoms with Crippen molar-refractivity contribution in [1.29, 1.82) is 0 Å². The van der Waals surface area contributed by atoms with Crippen LogP contribution in [0.5, 0.6) is 0 Å². The van der Waals surface area contributed by atoms with Crippen molar-refractivity contribution >= 4 is 5.91 Å². The lowest BCUT2D eigenvalue weighted by molar-refractivity contribution is -0.130. The third-order valence-electron chi connectivity index (χ3n) is 3.51. The first-order chi connectivity index (χ1) is 9.08. The molecule has 1 fully saturated rings. The number of carbonyl (C=O) groups is 1. The molecule has 1 aliphatic heterocycles. The Morgan fingerprint density at radius 3 is 2.53 bits per heavy atom. The number of benzene rings is 1. The highest BCUT2D eigenvalue weighted by molar-refractivity contribution is 5.73. The molecular weight excluding hydrogens is 247 g/mol. The molecule has 1 amide bonds. The monoisotopic (exact) mass is 266 g/mol. The minimum absolute atomic E-state index is 0.0781. The van der Waals surface area contributed by atoms with Crippen LogP contribution in [-0.2, 0) is 4.79 Å². The van der Waals surface area contributed by atoms with Gasteiger partial charge < -0.3 is 10.0 Å². The first-order valence-corrected chi connectivity index (χ1v) is 6.48. The zero-order valence-electron chi connectivity index (χ0n) is 11.1. The molecule has 0 aromatic heterocycles. The van der Waals surface area contributed by atoms with Crippen molar-refractivity contribution in [2.24, 2.45) is 0 Å². The van der Waals surface area contributed by atoms with E-state index in [-0.39, 0.29) is 11.7 Å². The summed E-state index contributed by atoms with van der Waals surface area (Å²) in [6.07, 6.45) is -0.829. The summed E-state index contributed by atoms with van der Waals surface area (Å²) in [4.78, 5) is 15.0. The third-order valence-corrected chi connectivity index (χ3v) is 3.51.